The maximum atomic E-state index is 5.44. The first-order valence-electron chi connectivity index (χ1n) is 5.68. The van der Waals surface area contributed by atoms with Gasteiger partial charge in [0.15, 0.2) is 0 Å². The van der Waals surface area contributed by atoms with E-state index in [-0.39, 0.29) is 0 Å². The summed E-state index contributed by atoms with van der Waals surface area (Å²) >= 11 is 0. The Morgan fingerprint density at radius 3 is 2.85 bits per heavy atom. The van der Waals surface area contributed by atoms with E-state index in [1.807, 2.05) is 0 Å². The van der Waals surface area contributed by atoms with Gasteiger partial charge in [-0.15, -0.1) is 0 Å². The smallest absolute Gasteiger partial charge is 0.0494 e. The van der Waals surface area contributed by atoms with E-state index >= 15 is 0 Å². The summed E-state index contributed by atoms with van der Waals surface area (Å²) in [6.45, 7) is 7.30. The molecule has 78 valence electrons. The molecule has 0 bridgehead atoms. The van der Waals surface area contributed by atoms with Crippen molar-refractivity contribution in [1.82, 2.24) is 5.32 Å². The molecule has 0 aromatic heterocycles. The Bertz CT molecular complexity index is 113. The van der Waals surface area contributed by atoms with Gasteiger partial charge in [0, 0.05) is 19.3 Å². The van der Waals surface area contributed by atoms with Crippen LogP contribution in [0.15, 0.2) is 0 Å². The van der Waals surface area contributed by atoms with Crippen LogP contribution < -0.4 is 5.32 Å². The SMILES string of the molecule is CCCNC1CCC(COCC)C1. The van der Waals surface area contributed by atoms with Crippen LogP contribution in [0.1, 0.15) is 39.5 Å². The highest BCUT2D eigenvalue weighted by Gasteiger charge is 2.23. The molecule has 1 fully saturated rings. The summed E-state index contributed by atoms with van der Waals surface area (Å²) in [6.07, 6.45) is 5.26. The van der Waals surface area contributed by atoms with Crippen molar-refractivity contribution in [2.45, 2.75) is 45.6 Å². The molecule has 2 heteroatoms. The maximum Gasteiger partial charge on any atom is 0.0494 e. The predicted molar refractivity (Wildman–Crippen MR) is 55.9 cm³/mol. The third kappa shape index (κ3) is 4.10. The lowest BCUT2D eigenvalue weighted by atomic mass is 10.1. The Balaban J connectivity index is 2.05. The Labute approximate surface area is 82.0 Å². The second-order valence-electron chi connectivity index (χ2n) is 3.99. The first kappa shape index (κ1) is 11.0. The molecule has 1 rings (SSSR count). The first-order valence-corrected chi connectivity index (χ1v) is 5.68. The molecule has 2 nitrogen and oxygen atoms in total. The number of rotatable bonds is 6. The van der Waals surface area contributed by atoms with E-state index in [9.17, 15) is 0 Å². The van der Waals surface area contributed by atoms with Gasteiger partial charge in [-0.1, -0.05) is 6.92 Å². The molecule has 0 saturated heterocycles. The van der Waals surface area contributed by atoms with Crippen LogP contribution >= 0.6 is 0 Å². The van der Waals surface area contributed by atoms with Gasteiger partial charge in [0.05, 0.1) is 0 Å². The average Bonchev–Trinajstić information content (AvgIpc) is 2.59. The van der Waals surface area contributed by atoms with Crippen molar-refractivity contribution in [2.24, 2.45) is 5.92 Å². The summed E-state index contributed by atoms with van der Waals surface area (Å²) in [5.41, 5.74) is 0. The van der Waals surface area contributed by atoms with E-state index in [1.165, 1.54) is 32.2 Å². The van der Waals surface area contributed by atoms with Crippen molar-refractivity contribution < 1.29 is 4.74 Å². The Morgan fingerprint density at radius 1 is 1.31 bits per heavy atom. The van der Waals surface area contributed by atoms with E-state index in [4.69, 9.17) is 4.74 Å². The molecular formula is C11H23NO. The van der Waals surface area contributed by atoms with Crippen LogP contribution in [0.2, 0.25) is 0 Å². The maximum absolute atomic E-state index is 5.44. The quantitative estimate of drug-likeness (QED) is 0.685. The number of hydrogen-bond donors (Lipinski definition) is 1. The lowest BCUT2D eigenvalue weighted by Gasteiger charge is -2.12. The van der Waals surface area contributed by atoms with Crippen molar-refractivity contribution in [3.63, 3.8) is 0 Å². The largest absolute Gasteiger partial charge is 0.381 e. The van der Waals surface area contributed by atoms with Crippen molar-refractivity contribution in [3.05, 3.63) is 0 Å². The van der Waals surface area contributed by atoms with E-state index in [0.717, 1.165) is 25.2 Å². The monoisotopic (exact) mass is 185 g/mol. The van der Waals surface area contributed by atoms with Crippen LogP contribution in [0, 0.1) is 5.92 Å². The lowest BCUT2D eigenvalue weighted by molar-refractivity contribution is 0.111. The minimum Gasteiger partial charge on any atom is -0.381 e. The fourth-order valence-corrected chi connectivity index (χ4v) is 2.04. The average molecular weight is 185 g/mol. The molecule has 1 N–H and O–H groups in total. The van der Waals surface area contributed by atoms with Crippen LogP contribution in [-0.2, 0) is 4.74 Å². The summed E-state index contributed by atoms with van der Waals surface area (Å²) < 4.78 is 5.44. The molecule has 1 aliphatic carbocycles. The van der Waals surface area contributed by atoms with Crippen molar-refractivity contribution >= 4 is 0 Å². The van der Waals surface area contributed by atoms with E-state index in [1.54, 1.807) is 0 Å². The van der Waals surface area contributed by atoms with Gasteiger partial charge in [-0.25, -0.2) is 0 Å². The number of hydrogen-bond acceptors (Lipinski definition) is 2. The molecule has 2 unspecified atom stereocenters. The van der Waals surface area contributed by atoms with Crippen LogP contribution in [0.4, 0.5) is 0 Å². The highest BCUT2D eigenvalue weighted by molar-refractivity contribution is 4.80. The molecule has 0 radical (unpaired) electrons. The zero-order chi connectivity index (χ0) is 9.52. The highest BCUT2D eigenvalue weighted by Crippen LogP contribution is 2.25. The summed E-state index contributed by atoms with van der Waals surface area (Å²) in [7, 11) is 0. The van der Waals surface area contributed by atoms with E-state index < -0.39 is 0 Å². The molecule has 0 amide bonds. The van der Waals surface area contributed by atoms with Gasteiger partial charge in [-0.3, -0.25) is 0 Å². The molecule has 1 aliphatic rings. The molecular weight excluding hydrogens is 162 g/mol. The van der Waals surface area contributed by atoms with Crippen molar-refractivity contribution in [2.75, 3.05) is 19.8 Å². The molecule has 2 atom stereocenters. The molecule has 0 aromatic carbocycles. The Hall–Kier alpha value is -0.0800. The van der Waals surface area contributed by atoms with Crippen molar-refractivity contribution in [1.29, 1.82) is 0 Å². The Kier molecular flexibility index (Phi) is 5.40. The Morgan fingerprint density at radius 2 is 2.15 bits per heavy atom. The summed E-state index contributed by atoms with van der Waals surface area (Å²) in [4.78, 5) is 0. The minimum absolute atomic E-state index is 0.769. The first-order chi connectivity index (χ1) is 6.36. The third-order valence-corrected chi connectivity index (χ3v) is 2.78. The van der Waals surface area contributed by atoms with Crippen molar-refractivity contribution in [3.8, 4) is 0 Å². The van der Waals surface area contributed by atoms with Crippen LogP contribution in [0.5, 0.6) is 0 Å². The van der Waals surface area contributed by atoms with E-state index in [2.05, 4.69) is 19.2 Å². The zero-order valence-corrected chi connectivity index (χ0v) is 9.01. The molecule has 0 heterocycles. The van der Waals surface area contributed by atoms with Crippen LogP contribution in [0.3, 0.4) is 0 Å². The fourth-order valence-electron chi connectivity index (χ4n) is 2.04. The molecule has 13 heavy (non-hydrogen) atoms. The highest BCUT2D eigenvalue weighted by atomic mass is 16.5. The van der Waals surface area contributed by atoms with Gasteiger partial charge >= 0.3 is 0 Å². The van der Waals surface area contributed by atoms with E-state index in [0.29, 0.717) is 0 Å². The van der Waals surface area contributed by atoms with Gasteiger partial charge in [-0.2, -0.15) is 0 Å². The third-order valence-electron chi connectivity index (χ3n) is 2.78. The second-order valence-corrected chi connectivity index (χ2v) is 3.99. The van der Waals surface area contributed by atoms with Gasteiger partial charge in [0.1, 0.15) is 0 Å². The fraction of sp³-hybridized carbons (Fsp3) is 1.00. The van der Waals surface area contributed by atoms with Crippen LogP contribution in [-0.4, -0.2) is 25.8 Å². The second kappa shape index (κ2) is 6.39. The predicted octanol–water partition coefficient (Wildman–Crippen LogP) is 2.19. The summed E-state index contributed by atoms with van der Waals surface area (Å²) in [6, 6.07) is 0.769. The minimum atomic E-state index is 0.769. The normalized spacial score (nSPS) is 28.2. The number of ether oxygens (including phenoxy) is 1. The molecule has 0 spiro atoms. The summed E-state index contributed by atoms with van der Waals surface area (Å²) in [5.74, 6) is 0.814. The zero-order valence-electron chi connectivity index (χ0n) is 9.01. The van der Waals surface area contributed by atoms with Crippen LogP contribution in [0.25, 0.3) is 0 Å². The lowest BCUT2D eigenvalue weighted by Crippen LogP contribution is -2.27. The molecule has 0 aliphatic heterocycles. The van der Waals surface area contributed by atoms with Gasteiger partial charge in [0.2, 0.25) is 0 Å². The standard InChI is InChI=1S/C11H23NO/c1-3-7-12-11-6-5-10(8-11)9-13-4-2/h10-12H,3-9H2,1-2H3. The van der Waals surface area contributed by atoms with Gasteiger partial charge in [0.25, 0.3) is 0 Å². The molecule has 0 aromatic rings. The van der Waals surface area contributed by atoms with Gasteiger partial charge in [-0.05, 0) is 45.1 Å². The number of nitrogens with one attached hydrogen (secondary N) is 1. The van der Waals surface area contributed by atoms with Gasteiger partial charge < -0.3 is 10.1 Å². The summed E-state index contributed by atoms with van der Waals surface area (Å²) in [5, 5.41) is 3.58. The molecule has 1 saturated carbocycles. The topological polar surface area (TPSA) is 21.3 Å².